The molecule has 0 aromatic rings. The Morgan fingerprint density at radius 2 is 1.76 bits per heavy atom. The van der Waals surface area contributed by atoms with E-state index in [0.717, 1.165) is 38.6 Å². The molecule has 2 saturated heterocycles. The smallest absolute Gasteiger partial charge is 0.246 e. The molecule has 2 unspecified atom stereocenters. The van der Waals surface area contributed by atoms with E-state index in [-0.39, 0.29) is 23.9 Å². The zero-order valence-corrected chi connectivity index (χ0v) is 10.4. The SMILES string of the molecule is CC1C(=O)N2CCCCC2C(=O)N1C1CCC1. The van der Waals surface area contributed by atoms with Crippen molar-refractivity contribution in [1.82, 2.24) is 9.80 Å². The van der Waals surface area contributed by atoms with Crippen molar-refractivity contribution in [2.24, 2.45) is 0 Å². The summed E-state index contributed by atoms with van der Waals surface area (Å²) in [5, 5.41) is 0. The molecule has 0 N–H and O–H groups in total. The van der Waals surface area contributed by atoms with Gasteiger partial charge in [-0.1, -0.05) is 0 Å². The maximum absolute atomic E-state index is 12.5. The molecule has 2 atom stereocenters. The normalized spacial score (nSPS) is 34.6. The maximum atomic E-state index is 12.5. The van der Waals surface area contributed by atoms with Gasteiger partial charge < -0.3 is 9.80 Å². The van der Waals surface area contributed by atoms with Crippen molar-refractivity contribution in [3.8, 4) is 0 Å². The van der Waals surface area contributed by atoms with Crippen molar-refractivity contribution in [3.05, 3.63) is 0 Å². The largest absolute Gasteiger partial charge is 0.329 e. The van der Waals surface area contributed by atoms with Gasteiger partial charge in [0.2, 0.25) is 11.8 Å². The Kier molecular flexibility index (Phi) is 2.60. The standard InChI is InChI=1S/C13H20N2O2/c1-9-12(16)14-8-3-2-7-11(14)13(17)15(9)10-5-4-6-10/h9-11H,2-8H2,1H3. The number of rotatable bonds is 1. The third-order valence-corrected chi connectivity index (χ3v) is 4.57. The van der Waals surface area contributed by atoms with E-state index < -0.39 is 0 Å². The summed E-state index contributed by atoms with van der Waals surface area (Å²) in [6.07, 6.45) is 6.34. The van der Waals surface area contributed by atoms with Gasteiger partial charge in [0.05, 0.1) is 0 Å². The predicted molar refractivity (Wildman–Crippen MR) is 63.3 cm³/mol. The second-order valence-electron chi connectivity index (χ2n) is 5.55. The Morgan fingerprint density at radius 3 is 2.41 bits per heavy atom. The van der Waals surface area contributed by atoms with E-state index in [2.05, 4.69) is 0 Å². The van der Waals surface area contributed by atoms with Gasteiger partial charge in [-0.3, -0.25) is 9.59 Å². The average Bonchev–Trinajstić information content (AvgIpc) is 2.29. The Balaban J connectivity index is 1.86. The van der Waals surface area contributed by atoms with Crippen LogP contribution in [-0.2, 0) is 9.59 Å². The van der Waals surface area contributed by atoms with Crippen LogP contribution >= 0.6 is 0 Å². The van der Waals surface area contributed by atoms with E-state index in [0.29, 0.717) is 6.04 Å². The van der Waals surface area contributed by atoms with Gasteiger partial charge >= 0.3 is 0 Å². The number of carbonyl (C=O) groups is 2. The lowest BCUT2D eigenvalue weighted by atomic mass is 9.87. The van der Waals surface area contributed by atoms with Gasteiger partial charge in [-0.05, 0) is 45.4 Å². The summed E-state index contributed by atoms with van der Waals surface area (Å²) in [5.74, 6) is 0.378. The Bertz CT molecular complexity index is 351. The Morgan fingerprint density at radius 1 is 1.00 bits per heavy atom. The lowest BCUT2D eigenvalue weighted by molar-refractivity contribution is -0.167. The quantitative estimate of drug-likeness (QED) is 0.685. The number of fused-ring (bicyclic) bond motifs is 1. The predicted octanol–water partition coefficient (Wildman–Crippen LogP) is 1.15. The number of carbonyl (C=O) groups excluding carboxylic acids is 2. The summed E-state index contributed by atoms with van der Waals surface area (Å²) < 4.78 is 0. The lowest BCUT2D eigenvalue weighted by Crippen LogP contribution is -2.67. The van der Waals surface area contributed by atoms with Crippen molar-refractivity contribution >= 4 is 11.8 Å². The van der Waals surface area contributed by atoms with Gasteiger partial charge in [0.25, 0.3) is 0 Å². The molecule has 1 saturated carbocycles. The van der Waals surface area contributed by atoms with Crippen LogP contribution in [0.2, 0.25) is 0 Å². The molecule has 0 bridgehead atoms. The molecule has 3 rings (SSSR count). The second kappa shape index (κ2) is 4.00. The highest BCUT2D eigenvalue weighted by Gasteiger charge is 2.47. The van der Waals surface area contributed by atoms with Crippen LogP contribution in [0.1, 0.15) is 45.4 Å². The maximum Gasteiger partial charge on any atom is 0.246 e. The first kappa shape index (κ1) is 11.1. The summed E-state index contributed by atoms with van der Waals surface area (Å²) in [4.78, 5) is 28.5. The van der Waals surface area contributed by atoms with Gasteiger partial charge in [-0.15, -0.1) is 0 Å². The van der Waals surface area contributed by atoms with Crippen LogP contribution in [0.5, 0.6) is 0 Å². The number of piperazine rings is 1. The van der Waals surface area contributed by atoms with Crippen molar-refractivity contribution in [1.29, 1.82) is 0 Å². The van der Waals surface area contributed by atoms with E-state index in [1.165, 1.54) is 6.42 Å². The van der Waals surface area contributed by atoms with Gasteiger partial charge in [0.15, 0.2) is 0 Å². The van der Waals surface area contributed by atoms with Crippen molar-refractivity contribution in [2.45, 2.75) is 63.6 Å². The zero-order valence-electron chi connectivity index (χ0n) is 10.4. The molecule has 94 valence electrons. The van der Waals surface area contributed by atoms with Gasteiger partial charge in [0, 0.05) is 12.6 Å². The van der Waals surface area contributed by atoms with Crippen molar-refractivity contribution in [2.75, 3.05) is 6.54 Å². The van der Waals surface area contributed by atoms with Crippen LogP contribution in [0.4, 0.5) is 0 Å². The van der Waals surface area contributed by atoms with E-state index in [1.54, 1.807) is 0 Å². The van der Waals surface area contributed by atoms with Crippen LogP contribution in [0.3, 0.4) is 0 Å². The molecule has 0 radical (unpaired) electrons. The number of hydrogen-bond acceptors (Lipinski definition) is 2. The third-order valence-electron chi connectivity index (χ3n) is 4.57. The summed E-state index contributed by atoms with van der Waals surface area (Å²) in [6, 6.07) is -0.0410. The number of hydrogen-bond donors (Lipinski definition) is 0. The van der Waals surface area contributed by atoms with Gasteiger partial charge in [-0.25, -0.2) is 0 Å². The first-order valence-electron chi connectivity index (χ1n) is 6.83. The monoisotopic (exact) mass is 236 g/mol. The molecule has 2 amide bonds. The fourth-order valence-electron chi connectivity index (χ4n) is 3.34. The number of nitrogens with zero attached hydrogens (tertiary/aromatic N) is 2. The highest BCUT2D eigenvalue weighted by Crippen LogP contribution is 2.33. The lowest BCUT2D eigenvalue weighted by Gasteiger charge is -2.50. The molecule has 17 heavy (non-hydrogen) atoms. The topological polar surface area (TPSA) is 40.6 Å². The van der Waals surface area contributed by atoms with E-state index in [1.807, 2.05) is 16.7 Å². The number of amides is 2. The molecule has 0 aromatic carbocycles. The van der Waals surface area contributed by atoms with E-state index in [9.17, 15) is 9.59 Å². The molecule has 2 aliphatic heterocycles. The first-order valence-corrected chi connectivity index (χ1v) is 6.83. The molecule has 1 aliphatic carbocycles. The van der Waals surface area contributed by atoms with Crippen LogP contribution in [0.15, 0.2) is 0 Å². The van der Waals surface area contributed by atoms with Crippen LogP contribution in [-0.4, -0.2) is 46.3 Å². The second-order valence-corrected chi connectivity index (χ2v) is 5.55. The van der Waals surface area contributed by atoms with Crippen LogP contribution in [0, 0.1) is 0 Å². The summed E-state index contributed by atoms with van der Waals surface area (Å²) >= 11 is 0. The minimum atomic E-state index is -0.234. The molecule has 3 fully saturated rings. The zero-order chi connectivity index (χ0) is 12.0. The van der Waals surface area contributed by atoms with Crippen molar-refractivity contribution < 1.29 is 9.59 Å². The molecule has 0 aromatic heterocycles. The molecule has 4 nitrogen and oxygen atoms in total. The molecule has 4 heteroatoms. The molecule has 0 spiro atoms. The van der Waals surface area contributed by atoms with Gasteiger partial charge in [0.1, 0.15) is 12.1 Å². The average molecular weight is 236 g/mol. The summed E-state index contributed by atoms with van der Waals surface area (Å²) in [5.41, 5.74) is 0. The fraction of sp³-hybridized carbons (Fsp3) is 0.846. The van der Waals surface area contributed by atoms with Gasteiger partial charge in [-0.2, -0.15) is 0 Å². The highest BCUT2D eigenvalue weighted by molar-refractivity contribution is 5.97. The Hall–Kier alpha value is -1.06. The minimum absolute atomic E-state index is 0.145. The first-order chi connectivity index (χ1) is 8.20. The van der Waals surface area contributed by atoms with Crippen LogP contribution in [0.25, 0.3) is 0 Å². The molecular formula is C13H20N2O2. The molecule has 2 heterocycles. The highest BCUT2D eigenvalue weighted by atomic mass is 16.2. The Labute approximate surface area is 102 Å². The fourth-order valence-corrected chi connectivity index (χ4v) is 3.34. The molecule has 3 aliphatic rings. The third kappa shape index (κ3) is 1.57. The summed E-state index contributed by atoms with van der Waals surface area (Å²) in [6.45, 7) is 2.67. The van der Waals surface area contributed by atoms with Crippen LogP contribution < -0.4 is 0 Å². The summed E-state index contributed by atoms with van der Waals surface area (Å²) in [7, 11) is 0. The molecular weight excluding hydrogens is 216 g/mol. The number of piperidine rings is 1. The van der Waals surface area contributed by atoms with Crippen molar-refractivity contribution in [3.63, 3.8) is 0 Å². The van der Waals surface area contributed by atoms with E-state index >= 15 is 0 Å². The minimum Gasteiger partial charge on any atom is -0.329 e. The van der Waals surface area contributed by atoms with E-state index in [4.69, 9.17) is 0 Å².